The van der Waals surface area contributed by atoms with Crippen molar-refractivity contribution in [1.29, 1.82) is 0 Å². The molecule has 0 aliphatic carbocycles. The molecule has 88 valence electrons. The number of pyridine rings is 1. The van der Waals surface area contributed by atoms with E-state index in [0.717, 1.165) is 21.3 Å². The second kappa shape index (κ2) is 5.19. The van der Waals surface area contributed by atoms with Crippen molar-refractivity contribution in [3.8, 4) is 5.88 Å². The van der Waals surface area contributed by atoms with Gasteiger partial charge in [0.2, 0.25) is 5.88 Å². The molecule has 0 atom stereocenters. The molecule has 0 amide bonds. The maximum atomic E-state index is 5.64. The third-order valence-corrected chi connectivity index (χ3v) is 2.79. The van der Waals surface area contributed by atoms with Crippen LogP contribution >= 0.6 is 15.9 Å². The van der Waals surface area contributed by atoms with E-state index in [0.29, 0.717) is 12.5 Å². The van der Waals surface area contributed by atoms with Gasteiger partial charge in [-0.25, -0.2) is 4.98 Å². The predicted octanol–water partition coefficient (Wildman–Crippen LogP) is 3.31. The first-order chi connectivity index (χ1) is 8.15. The average Bonchev–Trinajstić information content (AvgIpc) is 2.30. The molecule has 2 aromatic rings. The summed E-state index contributed by atoms with van der Waals surface area (Å²) >= 11 is 3.37. The van der Waals surface area contributed by atoms with Crippen molar-refractivity contribution in [3.05, 3.63) is 52.1 Å². The number of halogens is 1. The van der Waals surface area contributed by atoms with E-state index in [1.165, 1.54) is 0 Å². The van der Waals surface area contributed by atoms with Gasteiger partial charge < -0.3 is 10.5 Å². The standard InChI is InChI=1S/C13H13BrN2O/c1-9-6-11(14)7-16-13(9)17-8-10-2-4-12(15)5-3-10/h2-7H,8,15H2,1H3. The minimum Gasteiger partial charge on any atom is -0.473 e. The number of nitrogens with two attached hydrogens (primary N) is 1. The minimum absolute atomic E-state index is 0.496. The molecule has 3 nitrogen and oxygen atoms in total. The molecule has 0 aliphatic heterocycles. The predicted molar refractivity (Wildman–Crippen MR) is 71.9 cm³/mol. The van der Waals surface area contributed by atoms with E-state index in [2.05, 4.69) is 20.9 Å². The number of aryl methyl sites for hydroxylation is 1. The first kappa shape index (κ1) is 11.9. The van der Waals surface area contributed by atoms with Crippen molar-refractivity contribution in [1.82, 2.24) is 4.98 Å². The summed E-state index contributed by atoms with van der Waals surface area (Å²) in [4.78, 5) is 4.22. The Morgan fingerprint density at radius 3 is 2.65 bits per heavy atom. The number of benzene rings is 1. The van der Waals surface area contributed by atoms with Gasteiger partial charge in [0.1, 0.15) is 6.61 Å². The van der Waals surface area contributed by atoms with Crippen molar-refractivity contribution >= 4 is 21.6 Å². The van der Waals surface area contributed by atoms with E-state index in [-0.39, 0.29) is 0 Å². The molecule has 4 heteroatoms. The molecule has 0 saturated carbocycles. The zero-order chi connectivity index (χ0) is 12.3. The highest BCUT2D eigenvalue weighted by atomic mass is 79.9. The van der Waals surface area contributed by atoms with Gasteiger partial charge in [0, 0.05) is 21.9 Å². The summed E-state index contributed by atoms with van der Waals surface area (Å²) in [5.74, 6) is 0.657. The number of nitrogens with zero attached hydrogens (tertiary/aromatic N) is 1. The fourth-order valence-corrected chi connectivity index (χ4v) is 1.89. The van der Waals surface area contributed by atoms with Gasteiger partial charge >= 0.3 is 0 Å². The zero-order valence-corrected chi connectivity index (χ0v) is 11.1. The first-order valence-corrected chi connectivity index (χ1v) is 6.04. The normalized spacial score (nSPS) is 10.2. The molecule has 0 radical (unpaired) electrons. The van der Waals surface area contributed by atoms with Crippen LogP contribution < -0.4 is 10.5 Å². The Morgan fingerprint density at radius 1 is 1.29 bits per heavy atom. The quantitative estimate of drug-likeness (QED) is 0.883. The molecule has 0 spiro atoms. The minimum atomic E-state index is 0.496. The number of hydrogen-bond acceptors (Lipinski definition) is 3. The van der Waals surface area contributed by atoms with Gasteiger partial charge in [-0.2, -0.15) is 0 Å². The van der Waals surface area contributed by atoms with Gasteiger partial charge in [-0.05, 0) is 46.6 Å². The Morgan fingerprint density at radius 2 is 2.00 bits per heavy atom. The zero-order valence-electron chi connectivity index (χ0n) is 9.48. The lowest BCUT2D eigenvalue weighted by atomic mass is 10.2. The number of rotatable bonds is 3. The highest BCUT2D eigenvalue weighted by Crippen LogP contribution is 2.19. The molecular formula is C13H13BrN2O. The van der Waals surface area contributed by atoms with Crippen molar-refractivity contribution in [2.75, 3.05) is 5.73 Å². The Kier molecular flexibility index (Phi) is 3.64. The third-order valence-electron chi connectivity index (χ3n) is 2.35. The van der Waals surface area contributed by atoms with Crippen LogP contribution in [0.4, 0.5) is 5.69 Å². The molecule has 1 aromatic heterocycles. The molecule has 0 saturated heterocycles. The number of anilines is 1. The van der Waals surface area contributed by atoms with Crippen LogP contribution in [-0.4, -0.2) is 4.98 Å². The van der Waals surface area contributed by atoms with E-state index in [9.17, 15) is 0 Å². The lowest BCUT2D eigenvalue weighted by Crippen LogP contribution is -1.99. The number of nitrogen functional groups attached to an aromatic ring is 1. The molecule has 1 aromatic carbocycles. The van der Waals surface area contributed by atoms with Gasteiger partial charge in [0.15, 0.2) is 0 Å². The molecule has 0 aliphatic rings. The molecule has 1 heterocycles. The van der Waals surface area contributed by atoms with Crippen molar-refractivity contribution in [2.45, 2.75) is 13.5 Å². The van der Waals surface area contributed by atoms with Gasteiger partial charge in [-0.1, -0.05) is 12.1 Å². The van der Waals surface area contributed by atoms with Gasteiger partial charge in [0.25, 0.3) is 0 Å². The summed E-state index contributed by atoms with van der Waals surface area (Å²) in [5.41, 5.74) is 8.45. The van der Waals surface area contributed by atoms with E-state index in [4.69, 9.17) is 10.5 Å². The summed E-state index contributed by atoms with van der Waals surface area (Å²) in [6.45, 7) is 2.46. The van der Waals surface area contributed by atoms with Crippen LogP contribution in [0.2, 0.25) is 0 Å². The lowest BCUT2D eigenvalue weighted by Gasteiger charge is -2.08. The van der Waals surface area contributed by atoms with Crippen LogP contribution in [0.25, 0.3) is 0 Å². The molecule has 2 rings (SSSR count). The monoisotopic (exact) mass is 292 g/mol. The summed E-state index contributed by atoms with van der Waals surface area (Å²) < 4.78 is 6.60. The largest absolute Gasteiger partial charge is 0.473 e. The van der Waals surface area contributed by atoms with E-state index >= 15 is 0 Å². The Bertz CT molecular complexity index is 511. The van der Waals surface area contributed by atoms with Crippen LogP contribution in [0.3, 0.4) is 0 Å². The SMILES string of the molecule is Cc1cc(Br)cnc1OCc1ccc(N)cc1. The van der Waals surface area contributed by atoms with Gasteiger partial charge in [-0.3, -0.25) is 0 Å². The maximum absolute atomic E-state index is 5.64. The number of hydrogen-bond donors (Lipinski definition) is 1. The summed E-state index contributed by atoms with van der Waals surface area (Å²) in [6.07, 6.45) is 1.73. The van der Waals surface area contributed by atoms with Crippen LogP contribution in [0.1, 0.15) is 11.1 Å². The van der Waals surface area contributed by atoms with Crippen molar-refractivity contribution in [2.24, 2.45) is 0 Å². The third kappa shape index (κ3) is 3.20. The van der Waals surface area contributed by atoms with Crippen LogP contribution in [0, 0.1) is 6.92 Å². The number of aromatic nitrogens is 1. The van der Waals surface area contributed by atoms with E-state index in [1.807, 2.05) is 37.3 Å². The topological polar surface area (TPSA) is 48.1 Å². The van der Waals surface area contributed by atoms with E-state index in [1.54, 1.807) is 6.20 Å². The second-order valence-corrected chi connectivity index (χ2v) is 4.72. The highest BCUT2D eigenvalue weighted by Gasteiger charge is 2.02. The Hall–Kier alpha value is -1.55. The molecule has 0 fully saturated rings. The Labute approximate surface area is 109 Å². The lowest BCUT2D eigenvalue weighted by molar-refractivity contribution is 0.291. The molecule has 0 bridgehead atoms. The van der Waals surface area contributed by atoms with Gasteiger partial charge in [-0.15, -0.1) is 0 Å². The fraction of sp³-hybridized carbons (Fsp3) is 0.154. The van der Waals surface area contributed by atoms with Crippen LogP contribution in [0.15, 0.2) is 41.0 Å². The van der Waals surface area contributed by atoms with Crippen LogP contribution in [-0.2, 0) is 6.61 Å². The van der Waals surface area contributed by atoms with Gasteiger partial charge in [0.05, 0.1) is 0 Å². The summed E-state index contributed by atoms with van der Waals surface area (Å²) in [6, 6.07) is 9.60. The Balaban J connectivity index is 2.04. The molecular weight excluding hydrogens is 280 g/mol. The van der Waals surface area contributed by atoms with Crippen LogP contribution in [0.5, 0.6) is 5.88 Å². The summed E-state index contributed by atoms with van der Waals surface area (Å²) in [7, 11) is 0. The molecule has 0 unspecified atom stereocenters. The fourth-order valence-electron chi connectivity index (χ4n) is 1.44. The maximum Gasteiger partial charge on any atom is 0.216 e. The molecule has 2 N–H and O–H groups in total. The average molecular weight is 293 g/mol. The smallest absolute Gasteiger partial charge is 0.216 e. The van der Waals surface area contributed by atoms with Crippen molar-refractivity contribution < 1.29 is 4.74 Å². The second-order valence-electron chi connectivity index (χ2n) is 3.81. The van der Waals surface area contributed by atoms with Crippen molar-refractivity contribution in [3.63, 3.8) is 0 Å². The molecule has 17 heavy (non-hydrogen) atoms. The number of ether oxygens (including phenoxy) is 1. The van der Waals surface area contributed by atoms with E-state index < -0.39 is 0 Å². The highest BCUT2D eigenvalue weighted by molar-refractivity contribution is 9.10. The summed E-state index contributed by atoms with van der Waals surface area (Å²) in [5, 5.41) is 0. The first-order valence-electron chi connectivity index (χ1n) is 5.24.